The van der Waals surface area contributed by atoms with Gasteiger partial charge in [0.1, 0.15) is 5.76 Å². The lowest BCUT2D eigenvalue weighted by Gasteiger charge is -2.09. The van der Waals surface area contributed by atoms with Crippen molar-refractivity contribution in [3.63, 3.8) is 0 Å². The van der Waals surface area contributed by atoms with Crippen molar-refractivity contribution in [1.82, 2.24) is 15.1 Å². The number of halogens is 1. The number of aryl methyl sites for hydroxylation is 1. The van der Waals surface area contributed by atoms with Crippen LogP contribution in [0.2, 0.25) is 0 Å². The van der Waals surface area contributed by atoms with E-state index in [4.69, 9.17) is 4.42 Å². The molecule has 0 aliphatic rings. The fourth-order valence-electron chi connectivity index (χ4n) is 1.50. The maximum absolute atomic E-state index is 5.47. The average Bonchev–Trinajstić information content (AvgIpc) is 2.84. The molecule has 2 rings (SSSR count). The first-order chi connectivity index (χ1) is 7.65. The molecular weight excluding hydrogens is 270 g/mol. The molecule has 0 saturated heterocycles. The maximum Gasteiger partial charge on any atom is 0.169 e. The van der Waals surface area contributed by atoms with Crippen LogP contribution in [-0.4, -0.2) is 9.78 Å². The number of rotatable bonds is 4. The molecule has 0 amide bonds. The number of nitrogens with one attached hydrogen (secondary N) is 1. The Balaban J connectivity index is 1.91. The van der Waals surface area contributed by atoms with Gasteiger partial charge in [-0.15, -0.1) is 0 Å². The molecule has 1 atom stereocenters. The summed E-state index contributed by atoms with van der Waals surface area (Å²) in [6.07, 6.45) is 3.86. The van der Waals surface area contributed by atoms with Crippen LogP contribution in [0, 0.1) is 0 Å². The number of furan rings is 1. The van der Waals surface area contributed by atoms with Gasteiger partial charge in [-0.1, -0.05) is 0 Å². The molecule has 0 bridgehead atoms. The van der Waals surface area contributed by atoms with Crippen molar-refractivity contribution in [2.75, 3.05) is 0 Å². The third kappa shape index (κ3) is 2.74. The summed E-state index contributed by atoms with van der Waals surface area (Å²) in [5, 5.41) is 7.49. The number of aromatic nitrogens is 2. The molecule has 0 spiro atoms. The first-order valence-electron chi connectivity index (χ1n) is 5.11. The second-order valence-electron chi connectivity index (χ2n) is 3.77. The predicted molar refractivity (Wildman–Crippen MR) is 64.9 cm³/mol. The quantitative estimate of drug-likeness (QED) is 0.938. The van der Waals surface area contributed by atoms with Crippen LogP contribution in [0.25, 0.3) is 0 Å². The smallest absolute Gasteiger partial charge is 0.169 e. The van der Waals surface area contributed by atoms with E-state index >= 15 is 0 Å². The minimum absolute atomic E-state index is 0.187. The Morgan fingerprint density at radius 1 is 1.56 bits per heavy atom. The highest BCUT2D eigenvalue weighted by Gasteiger charge is 2.09. The fourth-order valence-corrected chi connectivity index (χ4v) is 1.81. The van der Waals surface area contributed by atoms with Gasteiger partial charge in [0.15, 0.2) is 4.67 Å². The van der Waals surface area contributed by atoms with Gasteiger partial charge >= 0.3 is 0 Å². The molecule has 0 aromatic carbocycles. The van der Waals surface area contributed by atoms with Crippen molar-refractivity contribution in [3.05, 3.63) is 40.5 Å². The normalized spacial score (nSPS) is 12.9. The molecule has 0 aliphatic heterocycles. The van der Waals surface area contributed by atoms with Crippen molar-refractivity contribution < 1.29 is 4.42 Å². The van der Waals surface area contributed by atoms with Crippen LogP contribution in [0.3, 0.4) is 0 Å². The van der Waals surface area contributed by atoms with E-state index in [9.17, 15) is 0 Å². The summed E-state index contributed by atoms with van der Waals surface area (Å²) in [4.78, 5) is 0. The van der Waals surface area contributed by atoms with Crippen LogP contribution in [0.1, 0.15) is 24.3 Å². The van der Waals surface area contributed by atoms with Crippen LogP contribution >= 0.6 is 15.9 Å². The Labute approximate surface area is 103 Å². The van der Waals surface area contributed by atoms with E-state index in [-0.39, 0.29) is 6.04 Å². The van der Waals surface area contributed by atoms with Crippen LogP contribution in [0.5, 0.6) is 0 Å². The predicted octanol–water partition coefficient (Wildman–Crippen LogP) is 2.63. The van der Waals surface area contributed by atoms with Gasteiger partial charge in [0.05, 0.1) is 12.2 Å². The molecular formula is C11H14BrN3O. The maximum atomic E-state index is 5.47. The Morgan fingerprint density at radius 2 is 2.38 bits per heavy atom. The molecule has 1 N–H and O–H groups in total. The molecule has 16 heavy (non-hydrogen) atoms. The minimum Gasteiger partial charge on any atom is -0.453 e. The Kier molecular flexibility index (Phi) is 3.46. The van der Waals surface area contributed by atoms with E-state index in [2.05, 4.69) is 33.3 Å². The highest BCUT2D eigenvalue weighted by Crippen LogP contribution is 2.20. The van der Waals surface area contributed by atoms with E-state index in [1.807, 2.05) is 31.6 Å². The summed E-state index contributed by atoms with van der Waals surface area (Å²) in [5.74, 6) is 0.927. The molecule has 2 aromatic heterocycles. The van der Waals surface area contributed by atoms with Gasteiger partial charge in [-0.25, -0.2) is 0 Å². The van der Waals surface area contributed by atoms with Gasteiger partial charge in [0.25, 0.3) is 0 Å². The molecule has 1 unspecified atom stereocenters. The third-order valence-electron chi connectivity index (χ3n) is 2.39. The second-order valence-corrected chi connectivity index (χ2v) is 4.55. The summed E-state index contributed by atoms with van der Waals surface area (Å²) >= 11 is 3.29. The third-order valence-corrected chi connectivity index (χ3v) is 2.82. The van der Waals surface area contributed by atoms with Crippen molar-refractivity contribution in [2.24, 2.45) is 7.05 Å². The Bertz CT molecular complexity index is 463. The van der Waals surface area contributed by atoms with Gasteiger partial charge in [0, 0.05) is 25.4 Å². The summed E-state index contributed by atoms with van der Waals surface area (Å²) in [7, 11) is 1.91. The molecule has 0 aliphatic carbocycles. The largest absolute Gasteiger partial charge is 0.453 e. The topological polar surface area (TPSA) is 43.0 Å². The first-order valence-corrected chi connectivity index (χ1v) is 5.90. The zero-order valence-corrected chi connectivity index (χ0v) is 10.9. The van der Waals surface area contributed by atoms with Gasteiger partial charge < -0.3 is 9.73 Å². The highest BCUT2D eigenvalue weighted by atomic mass is 79.9. The van der Waals surface area contributed by atoms with Crippen molar-refractivity contribution in [3.8, 4) is 0 Å². The van der Waals surface area contributed by atoms with Gasteiger partial charge in [-0.05, 0) is 35.0 Å². The molecule has 2 aromatic rings. The Hall–Kier alpha value is -1.07. The standard InChI is InChI=1S/C11H14BrN3O/c1-8(10-3-4-11(12)16-10)13-5-9-6-14-15(2)7-9/h3-4,6-8,13H,5H2,1-2H3. The van der Waals surface area contributed by atoms with E-state index in [0.29, 0.717) is 0 Å². The van der Waals surface area contributed by atoms with Gasteiger partial charge in [0.2, 0.25) is 0 Å². The van der Waals surface area contributed by atoms with Crippen molar-refractivity contribution in [2.45, 2.75) is 19.5 Å². The molecule has 4 nitrogen and oxygen atoms in total. The monoisotopic (exact) mass is 283 g/mol. The highest BCUT2D eigenvalue weighted by molar-refractivity contribution is 9.10. The summed E-state index contributed by atoms with van der Waals surface area (Å²) in [6, 6.07) is 4.05. The van der Waals surface area contributed by atoms with Crippen LogP contribution in [0.15, 0.2) is 33.6 Å². The van der Waals surface area contributed by atoms with E-state index in [0.717, 1.165) is 17.0 Å². The number of hydrogen-bond donors (Lipinski definition) is 1. The van der Waals surface area contributed by atoms with Crippen LogP contribution in [0.4, 0.5) is 0 Å². The molecule has 0 fully saturated rings. The van der Waals surface area contributed by atoms with Crippen molar-refractivity contribution >= 4 is 15.9 Å². The van der Waals surface area contributed by atoms with Gasteiger partial charge in [-0.3, -0.25) is 4.68 Å². The molecule has 0 radical (unpaired) electrons. The molecule has 0 saturated carbocycles. The first kappa shape index (κ1) is 11.4. The lowest BCUT2D eigenvalue weighted by molar-refractivity contribution is 0.418. The summed E-state index contributed by atoms with van der Waals surface area (Å²) in [5.41, 5.74) is 1.17. The van der Waals surface area contributed by atoms with E-state index < -0.39 is 0 Å². The fraction of sp³-hybridized carbons (Fsp3) is 0.364. The van der Waals surface area contributed by atoms with Crippen LogP contribution < -0.4 is 5.32 Å². The van der Waals surface area contributed by atoms with Crippen LogP contribution in [-0.2, 0) is 13.6 Å². The summed E-state index contributed by atoms with van der Waals surface area (Å²) in [6.45, 7) is 2.86. The lowest BCUT2D eigenvalue weighted by atomic mass is 10.2. The molecule has 86 valence electrons. The zero-order chi connectivity index (χ0) is 11.5. The number of hydrogen-bond acceptors (Lipinski definition) is 3. The number of nitrogens with zero attached hydrogens (tertiary/aromatic N) is 2. The van der Waals surface area contributed by atoms with E-state index in [1.165, 1.54) is 5.56 Å². The Morgan fingerprint density at radius 3 is 2.94 bits per heavy atom. The minimum atomic E-state index is 0.187. The zero-order valence-electron chi connectivity index (χ0n) is 9.27. The molecule has 5 heteroatoms. The van der Waals surface area contributed by atoms with Gasteiger partial charge in [-0.2, -0.15) is 5.10 Å². The SMILES string of the molecule is CC(NCc1cnn(C)c1)c1ccc(Br)o1. The van der Waals surface area contributed by atoms with Crippen molar-refractivity contribution in [1.29, 1.82) is 0 Å². The molecule has 2 heterocycles. The second kappa shape index (κ2) is 4.84. The van der Waals surface area contributed by atoms with E-state index in [1.54, 1.807) is 4.68 Å². The lowest BCUT2D eigenvalue weighted by Crippen LogP contribution is -2.17. The summed E-state index contributed by atoms with van der Waals surface area (Å²) < 4.78 is 8.03. The average molecular weight is 284 g/mol.